The zero-order valence-corrected chi connectivity index (χ0v) is 6.92. The highest BCUT2D eigenvalue weighted by molar-refractivity contribution is 6.67. The Labute approximate surface area is 69.2 Å². The molecule has 4 heteroatoms. The maximum Gasteiger partial charge on any atom is 0.194 e. The zero-order chi connectivity index (χ0) is 7.33. The average molecular weight is 189 g/mol. The van der Waals surface area contributed by atoms with Gasteiger partial charge in [-0.05, 0) is 0 Å². The molecule has 0 fully saturated rings. The van der Waals surface area contributed by atoms with E-state index in [0.717, 1.165) is 0 Å². The van der Waals surface area contributed by atoms with E-state index in [1.807, 2.05) is 0 Å². The molecule has 0 aromatic carbocycles. The molecule has 0 spiro atoms. The van der Waals surface area contributed by atoms with Gasteiger partial charge < -0.3 is 5.11 Å². The van der Waals surface area contributed by atoms with Crippen LogP contribution in [-0.4, -0.2) is 15.5 Å². The van der Waals surface area contributed by atoms with Crippen molar-refractivity contribution in [3.8, 4) is 0 Å². The molecule has 0 aliphatic heterocycles. The third-order valence-electron chi connectivity index (χ3n) is 0.621. The quantitative estimate of drug-likeness (QED) is 0.522. The molecule has 0 aromatic rings. The van der Waals surface area contributed by atoms with E-state index in [1.165, 1.54) is 6.08 Å². The lowest BCUT2D eigenvalue weighted by Gasteiger charge is -2.04. The van der Waals surface area contributed by atoms with Crippen molar-refractivity contribution in [2.24, 2.45) is 0 Å². The van der Waals surface area contributed by atoms with Crippen LogP contribution < -0.4 is 0 Å². The van der Waals surface area contributed by atoms with Gasteiger partial charge in [-0.1, -0.05) is 47.0 Å². The summed E-state index contributed by atoms with van der Waals surface area (Å²) in [5.41, 5.74) is 0. The van der Waals surface area contributed by atoms with Crippen molar-refractivity contribution in [1.82, 2.24) is 0 Å². The summed E-state index contributed by atoms with van der Waals surface area (Å²) in [5, 5.41) is 8.25. The number of halogens is 3. The summed E-state index contributed by atoms with van der Waals surface area (Å²) < 4.78 is -1.23. The minimum absolute atomic E-state index is 0.0131. The van der Waals surface area contributed by atoms with Crippen LogP contribution in [0.3, 0.4) is 0 Å². The molecule has 0 rings (SSSR count). The van der Waals surface area contributed by atoms with Crippen molar-refractivity contribution in [2.75, 3.05) is 6.61 Å². The summed E-state index contributed by atoms with van der Waals surface area (Å²) >= 11 is 16.1. The standard InChI is InChI=1S/C5H7Cl3O/c6-5(7,8)3-1-2-4-9/h1-2,9H,3-4H2/b2-1+. The van der Waals surface area contributed by atoms with E-state index in [-0.39, 0.29) is 6.61 Å². The average Bonchev–Trinajstić information content (AvgIpc) is 1.63. The highest BCUT2D eigenvalue weighted by Gasteiger charge is 2.16. The van der Waals surface area contributed by atoms with Crippen LogP contribution in [0.4, 0.5) is 0 Å². The van der Waals surface area contributed by atoms with Crippen LogP contribution in [0.25, 0.3) is 0 Å². The van der Waals surface area contributed by atoms with E-state index in [4.69, 9.17) is 39.9 Å². The topological polar surface area (TPSA) is 20.2 Å². The van der Waals surface area contributed by atoms with Crippen molar-refractivity contribution in [3.05, 3.63) is 12.2 Å². The number of aliphatic hydroxyl groups is 1. The number of rotatable bonds is 2. The lowest BCUT2D eigenvalue weighted by Crippen LogP contribution is -1.98. The number of alkyl halides is 3. The number of hydrogen-bond donors (Lipinski definition) is 1. The third kappa shape index (κ3) is 8.57. The smallest absolute Gasteiger partial charge is 0.194 e. The van der Waals surface area contributed by atoms with Gasteiger partial charge in [-0.2, -0.15) is 0 Å². The van der Waals surface area contributed by atoms with E-state index in [0.29, 0.717) is 6.42 Å². The van der Waals surface area contributed by atoms with Crippen molar-refractivity contribution in [1.29, 1.82) is 0 Å². The first-order valence-corrected chi connectivity index (χ1v) is 3.52. The third-order valence-corrected chi connectivity index (χ3v) is 1.08. The molecule has 0 aliphatic rings. The zero-order valence-electron chi connectivity index (χ0n) is 4.65. The van der Waals surface area contributed by atoms with Gasteiger partial charge in [0.1, 0.15) is 0 Å². The van der Waals surface area contributed by atoms with Gasteiger partial charge in [0.25, 0.3) is 0 Å². The SMILES string of the molecule is OC/C=C/CC(Cl)(Cl)Cl. The molecule has 9 heavy (non-hydrogen) atoms. The molecule has 0 atom stereocenters. The minimum Gasteiger partial charge on any atom is -0.392 e. The molecular formula is C5H7Cl3O. The Bertz CT molecular complexity index is 94.9. The Morgan fingerprint density at radius 3 is 2.11 bits per heavy atom. The molecule has 0 aliphatic carbocycles. The molecule has 1 nitrogen and oxygen atoms in total. The predicted molar refractivity (Wildman–Crippen MR) is 41.1 cm³/mol. The first-order chi connectivity index (χ1) is 4.06. The Balaban J connectivity index is 3.38. The summed E-state index contributed by atoms with van der Waals surface area (Å²) in [5.74, 6) is 0. The maximum absolute atomic E-state index is 8.25. The van der Waals surface area contributed by atoms with Crippen molar-refractivity contribution in [3.63, 3.8) is 0 Å². The maximum atomic E-state index is 8.25. The van der Waals surface area contributed by atoms with E-state index in [1.54, 1.807) is 6.08 Å². The summed E-state index contributed by atoms with van der Waals surface area (Å²) in [6, 6.07) is 0. The summed E-state index contributed by atoms with van der Waals surface area (Å²) in [6.07, 6.45) is 3.48. The fourth-order valence-corrected chi connectivity index (χ4v) is 0.559. The number of allylic oxidation sites excluding steroid dienone is 1. The molecule has 0 heterocycles. The predicted octanol–water partition coefficient (Wildman–Crippen LogP) is 2.30. The molecular weight excluding hydrogens is 182 g/mol. The Morgan fingerprint density at radius 1 is 1.22 bits per heavy atom. The Morgan fingerprint density at radius 2 is 1.78 bits per heavy atom. The van der Waals surface area contributed by atoms with Gasteiger partial charge in [0, 0.05) is 6.42 Å². The fraction of sp³-hybridized carbons (Fsp3) is 0.600. The Hall–Kier alpha value is 0.570. The molecule has 0 amide bonds. The van der Waals surface area contributed by atoms with E-state index in [9.17, 15) is 0 Å². The van der Waals surface area contributed by atoms with Crippen LogP contribution >= 0.6 is 34.8 Å². The van der Waals surface area contributed by atoms with Crippen LogP contribution in [-0.2, 0) is 0 Å². The normalized spacial score (nSPS) is 12.9. The van der Waals surface area contributed by atoms with Gasteiger partial charge in [0.05, 0.1) is 6.61 Å². The van der Waals surface area contributed by atoms with Gasteiger partial charge >= 0.3 is 0 Å². The van der Waals surface area contributed by atoms with Crippen LogP contribution in [0.15, 0.2) is 12.2 Å². The second-order valence-corrected chi connectivity index (χ2v) is 3.99. The van der Waals surface area contributed by atoms with Crippen LogP contribution in [0.1, 0.15) is 6.42 Å². The molecule has 0 unspecified atom stereocenters. The van der Waals surface area contributed by atoms with Gasteiger partial charge in [-0.15, -0.1) is 0 Å². The number of aliphatic hydroxyl groups excluding tert-OH is 1. The first-order valence-electron chi connectivity index (χ1n) is 2.39. The van der Waals surface area contributed by atoms with Crippen LogP contribution in [0.2, 0.25) is 0 Å². The van der Waals surface area contributed by atoms with Crippen LogP contribution in [0, 0.1) is 0 Å². The van der Waals surface area contributed by atoms with Gasteiger partial charge in [-0.3, -0.25) is 0 Å². The first kappa shape index (κ1) is 9.57. The fourth-order valence-electron chi connectivity index (χ4n) is 0.291. The molecule has 0 saturated heterocycles. The van der Waals surface area contributed by atoms with Gasteiger partial charge in [0.2, 0.25) is 0 Å². The van der Waals surface area contributed by atoms with E-state index >= 15 is 0 Å². The Kier molecular flexibility index (Phi) is 4.67. The number of hydrogen-bond acceptors (Lipinski definition) is 1. The van der Waals surface area contributed by atoms with Crippen LogP contribution in [0.5, 0.6) is 0 Å². The van der Waals surface area contributed by atoms with Crippen molar-refractivity contribution in [2.45, 2.75) is 10.2 Å². The molecule has 1 N–H and O–H groups in total. The molecule has 0 aromatic heterocycles. The second-order valence-electron chi connectivity index (χ2n) is 1.47. The second kappa shape index (κ2) is 4.40. The van der Waals surface area contributed by atoms with Crippen molar-refractivity contribution >= 4 is 34.8 Å². The highest BCUT2D eigenvalue weighted by Crippen LogP contribution is 2.29. The lowest BCUT2D eigenvalue weighted by molar-refractivity contribution is 0.342. The van der Waals surface area contributed by atoms with Gasteiger partial charge in [-0.25, -0.2) is 0 Å². The molecule has 0 bridgehead atoms. The van der Waals surface area contributed by atoms with E-state index < -0.39 is 3.79 Å². The molecule has 0 radical (unpaired) electrons. The van der Waals surface area contributed by atoms with Crippen molar-refractivity contribution < 1.29 is 5.11 Å². The summed E-state index contributed by atoms with van der Waals surface area (Å²) in [7, 11) is 0. The highest BCUT2D eigenvalue weighted by atomic mass is 35.6. The lowest BCUT2D eigenvalue weighted by atomic mass is 10.4. The largest absolute Gasteiger partial charge is 0.392 e. The minimum atomic E-state index is -1.23. The summed E-state index contributed by atoms with van der Waals surface area (Å²) in [6.45, 7) is -0.0131. The monoisotopic (exact) mass is 188 g/mol. The molecule has 54 valence electrons. The van der Waals surface area contributed by atoms with Gasteiger partial charge in [0.15, 0.2) is 3.79 Å². The van der Waals surface area contributed by atoms with E-state index in [2.05, 4.69) is 0 Å². The molecule has 0 saturated carbocycles. The summed E-state index contributed by atoms with van der Waals surface area (Å²) in [4.78, 5) is 0.